The molecule has 1 aromatic rings. The minimum Gasteiger partial charge on any atom is -0.325 e. The maximum Gasteiger partial charge on any atom is 0.232 e. The van der Waals surface area contributed by atoms with Crippen molar-refractivity contribution in [2.75, 3.05) is 5.32 Å². The first-order valence-electron chi connectivity index (χ1n) is 11.2. The zero-order chi connectivity index (χ0) is 18.5. The van der Waals surface area contributed by atoms with Gasteiger partial charge in [-0.3, -0.25) is 4.79 Å². The van der Waals surface area contributed by atoms with Gasteiger partial charge in [-0.25, -0.2) is 0 Å². The number of amides is 1. The Morgan fingerprint density at radius 3 is 1.81 bits per heavy atom. The Morgan fingerprint density at radius 2 is 1.23 bits per heavy atom. The van der Waals surface area contributed by atoms with Crippen LogP contribution in [0.5, 0.6) is 0 Å². The van der Waals surface area contributed by atoms with Gasteiger partial charge in [-0.2, -0.15) is 0 Å². The lowest BCUT2D eigenvalue weighted by Crippen LogP contribution is -2.11. The minimum absolute atomic E-state index is 0.0866. The maximum atomic E-state index is 12.1. The molecule has 2 rings (SSSR count). The Balaban J connectivity index is 1.39. The first-order valence-corrected chi connectivity index (χ1v) is 11.2. The van der Waals surface area contributed by atoms with Crippen LogP contribution in [0, 0.1) is 0 Å². The molecule has 26 heavy (non-hydrogen) atoms. The summed E-state index contributed by atoms with van der Waals surface area (Å²) in [6, 6.07) is 8.14. The Labute approximate surface area is 161 Å². The lowest BCUT2D eigenvalue weighted by molar-refractivity contribution is -0.117. The predicted molar refractivity (Wildman–Crippen MR) is 113 cm³/mol. The molecule has 1 aliphatic heterocycles. The van der Waals surface area contributed by atoms with Crippen molar-refractivity contribution in [1.82, 2.24) is 0 Å². The van der Waals surface area contributed by atoms with Crippen LogP contribution in [-0.2, 0) is 4.79 Å². The molecular formula is C24H39NO. The van der Waals surface area contributed by atoms with Crippen LogP contribution in [0.3, 0.4) is 0 Å². The van der Waals surface area contributed by atoms with Gasteiger partial charge in [0, 0.05) is 5.69 Å². The van der Waals surface area contributed by atoms with Crippen molar-refractivity contribution in [2.45, 2.75) is 109 Å². The highest BCUT2D eigenvalue weighted by atomic mass is 16.2. The Kier molecular flexibility index (Phi) is 10.5. The van der Waals surface area contributed by atoms with Crippen molar-refractivity contribution in [2.24, 2.45) is 0 Å². The maximum absolute atomic E-state index is 12.1. The molecule has 1 amide bonds. The van der Waals surface area contributed by atoms with Gasteiger partial charge in [0.25, 0.3) is 0 Å². The number of fused-ring (bicyclic) bond motifs is 1. The van der Waals surface area contributed by atoms with E-state index in [-0.39, 0.29) is 11.8 Å². The van der Waals surface area contributed by atoms with Crippen LogP contribution in [-0.4, -0.2) is 5.91 Å². The second kappa shape index (κ2) is 12.9. The molecule has 1 aliphatic rings. The summed E-state index contributed by atoms with van der Waals surface area (Å²) in [6.45, 7) is 2.28. The quantitative estimate of drug-likeness (QED) is 0.322. The molecule has 0 bridgehead atoms. The predicted octanol–water partition coefficient (Wildman–Crippen LogP) is 7.59. The monoisotopic (exact) mass is 357 g/mol. The fourth-order valence-corrected chi connectivity index (χ4v) is 4.11. The van der Waals surface area contributed by atoms with Gasteiger partial charge in [0.05, 0.1) is 5.92 Å². The molecule has 146 valence electrons. The SMILES string of the molecule is CCCCCCCCCCCCCCCCC1C(=O)Nc2ccccc21. The largest absolute Gasteiger partial charge is 0.325 e. The summed E-state index contributed by atoms with van der Waals surface area (Å²) in [5.41, 5.74) is 2.22. The van der Waals surface area contributed by atoms with Gasteiger partial charge >= 0.3 is 0 Å². The van der Waals surface area contributed by atoms with Gasteiger partial charge in [0.15, 0.2) is 0 Å². The van der Waals surface area contributed by atoms with E-state index in [4.69, 9.17) is 0 Å². The van der Waals surface area contributed by atoms with E-state index < -0.39 is 0 Å². The lowest BCUT2D eigenvalue weighted by atomic mass is 9.94. The molecule has 2 nitrogen and oxygen atoms in total. The molecule has 0 aromatic heterocycles. The standard InChI is InChI=1S/C24H39NO/c1-2-3-4-5-6-7-8-9-10-11-12-13-14-15-19-22-21-18-16-17-20-23(21)25-24(22)26/h16-18,20,22H,2-15,19H2,1H3,(H,25,26). The van der Waals surface area contributed by atoms with E-state index in [0.29, 0.717) is 0 Å². The second-order valence-electron chi connectivity index (χ2n) is 8.01. The van der Waals surface area contributed by atoms with Crippen molar-refractivity contribution in [3.05, 3.63) is 29.8 Å². The van der Waals surface area contributed by atoms with Crippen molar-refractivity contribution >= 4 is 11.6 Å². The van der Waals surface area contributed by atoms with Crippen LogP contribution in [0.25, 0.3) is 0 Å². The van der Waals surface area contributed by atoms with Gasteiger partial charge in [-0.15, -0.1) is 0 Å². The molecule has 2 heteroatoms. The number of carbonyl (C=O) groups excluding carboxylic acids is 1. The Bertz CT molecular complexity index is 511. The number of carbonyl (C=O) groups is 1. The van der Waals surface area contributed by atoms with Crippen molar-refractivity contribution < 1.29 is 4.79 Å². The number of anilines is 1. The van der Waals surface area contributed by atoms with E-state index >= 15 is 0 Å². The number of para-hydroxylation sites is 1. The van der Waals surface area contributed by atoms with E-state index in [2.05, 4.69) is 18.3 Å². The van der Waals surface area contributed by atoms with Gasteiger partial charge in [-0.1, -0.05) is 115 Å². The van der Waals surface area contributed by atoms with Crippen LogP contribution < -0.4 is 5.32 Å². The number of unbranched alkanes of at least 4 members (excludes halogenated alkanes) is 13. The third kappa shape index (κ3) is 7.51. The van der Waals surface area contributed by atoms with E-state index in [9.17, 15) is 4.79 Å². The molecule has 0 aliphatic carbocycles. The summed E-state index contributed by atoms with van der Waals surface area (Å²) in [7, 11) is 0. The summed E-state index contributed by atoms with van der Waals surface area (Å²) in [4.78, 5) is 12.1. The second-order valence-corrected chi connectivity index (χ2v) is 8.01. The van der Waals surface area contributed by atoms with Gasteiger partial charge < -0.3 is 5.32 Å². The third-order valence-corrected chi connectivity index (χ3v) is 5.76. The van der Waals surface area contributed by atoms with Gasteiger partial charge in [0.2, 0.25) is 5.91 Å². The van der Waals surface area contributed by atoms with Crippen LogP contribution in [0.2, 0.25) is 0 Å². The Hall–Kier alpha value is -1.31. The number of nitrogens with one attached hydrogen (secondary N) is 1. The highest BCUT2D eigenvalue weighted by Gasteiger charge is 2.29. The van der Waals surface area contributed by atoms with Crippen molar-refractivity contribution in [1.29, 1.82) is 0 Å². The normalized spacial score (nSPS) is 15.9. The van der Waals surface area contributed by atoms with Crippen LogP contribution in [0.15, 0.2) is 24.3 Å². The zero-order valence-electron chi connectivity index (χ0n) is 16.9. The van der Waals surface area contributed by atoms with Gasteiger partial charge in [0.1, 0.15) is 0 Å². The summed E-state index contributed by atoms with van der Waals surface area (Å²) >= 11 is 0. The minimum atomic E-state index is 0.0866. The fourth-order valence-electron chi connectivity index (χ4n) is 4.11. The summed E-state index contributed by atoms with van der Waals surface area (Å²) in [5, 5.41) is 3.01. The highest BCUT2D eigenvalue weighted by Crippen LogP contribution is 2.35. The Morgan fingerprint density at radius 1 is 0.731 bits per heavy atom. The number of hydrogen-bond donors (Lipinski definition) is 1. The van der Waals surface area contributed by atoms with Crippen molar-refractivity contribution in [3.63, 3.8) is 0 Å². The van der Waals surface area contributed by atoms with Crippen molar-refractivity contribution in [3.8, 4) is 0 Å². The molecule has 0 saturated heterocycles. The molecule has 1 N–H and O–H groups in total. The number of rotatable bonds is 15. The van der Waals surface area contributed by atoms with Crippen LogP contribution in [0.1, 0.15) is 115 Å². The van der Waals surface area contributed by atoms with E-state index in [1.165, 1.54) is 95.5 Å². The van der Waals surface area contributed by atoms with E-state index in [1.807, 2.05) is 18.2 Å². The zero-order valence-corrected chi connectivity index (χ0v) is 16.9. The molecule has 0 fully saturated rings. The summed E-state index contributed by atoms with van der Waals surface area (Å²) in [5.74, 6) is 0.282. The van der Waals surface area contributed by atoms with Gasteiger partial charge in [-0.05, 0) is 18.1 Å². The average Bonchev–Trinajstić information content (AvgIpc) is 2.97. The summed E-state index contributed by atoms with van der Waals surface area (Å²) < 4.78 is 0. The molecule has 1 heterocycles. The molecule has 1 aromatic carbocycles. The van der Waals surface area contributed by atoms with E-state index in [0.717, 1.165) is 12.1 Å². The fraction of sp³-hybridized carbons (Fsp3) is 0.708. The highest BCUT2D eigenvalue weighted by molar-refractivity contribution is 6.02. The number of hydrogen-bond acceptors (Lipinski definition) is 1. The lowest BCUT2D eigenvalue weighted by Gasteiger charge is -2.08. The third-order valence-electron chi connectivity index (χ3n) is 5.76. The summed E-state index contributed by atoms with van der Waals surface area (Å²) in [6.07, 6.45) is 20.3. The molecule has 1 atom stereocenters. The molecule has 0 radical (unpaired) electrons. The molecule has 0 spiro atoms. The van der Waals surface area contributed by atoms with Crippen LogP contribution >= 0.6 is 0 Å². The average molecular weight is 358 g/mol. The molecular weight excluding hydrogens is 318 g/mol. The number of benzene rings is 1. The van der Waals surface area contributed by atoms with Crippen LogP contribution in [0.4, 0.5) is 5.69 Å². The topological polar surface area (TPSA) is 29.1 Å². The van der Waals surface area contributed by atoms with E-state index in [1.54, 1.807) is 0 Å². The smallest absolute Gasteiger partial charge is 0.232 e. The molecule has 0 saturated carbocycles. The first-order chi connectivity index (χ1) is 12.8. The first kappa shape index (κ1) is 21.0. The molecule has 1 unspecified atom stereocenters.